The number of likely N-dealkylation sites (tertiary alicyclic amines) is 1. The van der Waals surface area contributed by atoms with Crippen LogP contribution in [-0.2, 0) is 4.79 Å². The van der Waals surface area contributed by atoms with Crippen LogP contribution >= 0.6 is 0 Å². The van der Waals surface area contributed by atoms with Gasteiger partial charge in [-0.3, -0.25) is 9.69 Å². The van der Waals surface area contributed by atoms with Crippen LogP contribution in [0.15, 0.2) is 0 Å². The van der Waals surface area contributed by atoms with Gasteiger partial charge in [-0.05, 0) is 37.5 Å². The number of aliphatic carboxylic acids is 1. The Balaban J connectivity index is 1.76. The molecule has 84 valence electrons. The molecule has 2 bridgehead atoms. The number of piperidine rings is 1. The Morgan fingerprint density at radius 3 is 2.13 bits per heavy atom. The van der Waals surface area contributed by atoms with E-state index in [-0.39, 0.29) is 5.92 Å². The Morgan fingerprint density at radius 1 is 1.07 bits per heavy atom. The number of hydrogen-bond donors (Lipinski definition) is 1. The van der Waals surface area contributed by atoms with E-state index in [1.165, 1.54) is 19.3 Å². The van der Waals surface area contributed by atoms with E-state index in [1.807, 2.05) is 0 Å². The molecule has 2 saturated carbocycles. The van der Waals surface area contributed by atoms with Crippen molar-refractivity contribution in [1.82, 2.24) is 4.90 Å². The Kier molecular flexibility index (Phi) is 2.23. The van der Waals surface area contributed by atoms with Crippen molar-refractivity contribution < 1.29 is 9.90 Å². The van der Waals surface area contributed by atoms with Crippen LogP contribution < -0.4 is 0 Å². The van der Waals surface area contributed by atoms with Gasteiger partial charge in [-0.1, -0.05) is 6.42 Å². The normalized spacial score (nSPS) is 41.5. The van der Waals surface area contributed by atoms with Gasteiger partial charge in [-0.15, -0.1) is 0 Å². The van der Waals surface area contributed by atoms with Crippen LogP contribution in [0.2, 0.25) is 0 Å². The molecule has 15 heavy (non-hydrogen) atoms. The standard InChI is InChI=1S/C12H19NO2/c14-12(15)11-8-2-1-3-9(11)7-13(6-8)10-4-5-10/h8-11H,1-7H2,(H,14,15). The van der Waals surface area contributed by atoms with E-state index >= 15 is 0 Å². The summed E-state index contributed by atoms with van der Waals surface area (Å²) < 4.78 is 0. The molecule has 3 rings (SSSR count). The van der Waals surface area contributed by atoms with Crippen molar-refractivity contribution in [3.63, 3.8) is 0 Å². The van der Waals surface area contributed by atoms with Gasteiger partial charge in [-0.2, -0.15) is 0 Å². The van der Waals surface area contributed by atoms with Crippen molar-refractivity contribution in [3.05, 3.63) is 0 Å². The molecule has 1 N–H and O–H groups in total. The van der Waals surface area contributed by atoms with Gasteiger partial charge in [0.15, 0.2) is 0 Å². The van der Waals surface area contributed by atoms with E-state index in [2.05, 4.69) is 4.90 Å². The Morgan fingerprint density at radius 2 is 1.67 bits per heavy atom. The summed E-state index contributed by atoms with van der Waals surface area (Å²) in [5.74, 6) is 0.306. The average Bonchev–Trinajstić information content (AvgIpc) is 2.98. The van der Waals surface area contributed by atoms with Crippen LogP contribution in [0.3, 0.4) is 0 Å². The number of fused-ring (bicyclic) bond motifs is 2. The third-order valence-corrected chi connectivity index (χ3v) is 4.45. The van der Waals surface area contributed by atoms with Crippen molar-refractivity contribution in [2.24, 2.45) is 17.8 Å². The first-order chi connectivity index (χ1) is 7.25. The second-order valence-electron chi connectivity index (χ2n) is 5.50. The van der Waals surface area contributed by atoms with Crippen molar-refractivity contribution in [2.75, 3.05) is 13.1 Å². The van der Waals surface area contributed by atoms with Crippen molar-refractivity contribution in [3.8, 4) is 0 Å². The van der Waals surface area contributed by atoms with Crippen molar-refractivity contribution in [2.45, 2.75) is 38.1 Å². The zero-order valence-corrected chi connectivity index (χ0v) is 9.06. The summed E-state index contributed by atoms with van der Waals surface area (Å²) in [6.07, 6.45) is 6.21. The summed E-state index contributed by atoms with van der Waals surface area (Å²) in [5.41, 5.74) is 0. The average molecular weight is 209 g/mol. The van der Waals surface area contributed by atoms with Crippen molar-refractivity contribution >= 4 is 5.97 Å². The van der Waals surface area contributed by atoms with E-state index in [0.29, 0.717) is 11.8 Å². The molecular formula is C12H19NO2. The number of carboxylic acid groups (broad SMARTS) is 1. The largest absolute Gasteiger partial charge is 0.481 e. The third kappa shape index (κ3) is 1.67. The maximum Gasteiger partial charge on any atom is 0.307 e. The van der Waals surface area contributed by atoms with Gasteiger partial charge in [0.25, 0.3) is 0 Å². The minimum absolute atomic E-state index is 0.0336. The number of hydrogen-bond acceptors (Lipinski definition) is 2. The smallest absolute Gasteiger partial charge is 0.307 e. The summed E-state index contributed by atoms with van der Waals surface area (Å²) in [4.78, 5) is 13.8. The Bertz CT molecular complexity index is 261. The minimum Gasteiger partial charge on any atom is -0.481 e. The van der Waals surface area contributed by atoms with Crippen LogP contribution in [0, 0.1) is 17.8 Å². The molecule has 0 aromatic heterocycles. The first-order valence-electron chi connectivity index (χ1n) is 6.22. The highest BCUT2D eigenvalue weighted by molar-refractivity contribution is 5.71. The molecular weight excluding hydrogens is 190 g/mol. The van der Waals surface area contributed by atoms with Crippen LogP contribution in [0.4, 0.5) is 0 Å². The van der Waals surface area contributed by atoms with Gasteiger partial charge < -0.3 is 5.11 Å². The number of rotatable bonds is 2. The fourth-order valence-electron chi connectivity index (χ4n) is 3.61. The van der Waals surface area contributed by atoms with Gasteiger partial charge >= 0.3 is 5.97 Å². The zero-order chi connectivity index (χ0) is 10.4. The maximum atomic E-state index is 11.2. The van der Waals surface area contributed by atoms with Crippen LogP contribution in [0.1, 0.15) is 32.1 Å². The molecule has 2 unspecified atom stereocenters. The summed E-state index contributed by atoms with van der Waals surface area (Å²) in [6, 6.07) is 0.808. The topological polar surface area (TPSA) is 40.5 Å². The highest BCUT2D eigenvalue weighted by Crippen LogP contribution is 2.43. The highest BCUT2D eigenvalue weighted by Gasteiger charge is 2.46. The molecule has 3 nitrogen and oxygen atoms in total. The van der Waals surface area contributed by atoms with Gasteiger partial charge in [0.1, 0.15) is 0 Å². The monoisotopic (exact) mass is 209 g/mol. The van der Waals surface area contributed by atoms with Gasteiger partial charge in [-0.25, -0.2) is 0 Å². The molecule has 3 heteroatoms. The lowest BCUT2D eigenvalue weighted by molar-refractivity contribution is -0.151. The molecule has 1 aliphatic heterocycles. The molecule has 0 amide bonds. The fraction of sp³-hybridized carbons (Fsp3) is 0.917. The zero-order valence-electron chi connectivity index (χ0n) is 9.06. The summed E-state index contributed by atoms with van der Waals surface area (Å²) in [6.45, 7) is 2.11. The second kappa shape index (κ2) is 3.48. The van der Waals surface area contributed by atoms with E-state index in [1.54, 1.807) is 0 Å². The van der Waals surface area contributed by atoms with E-state index in [4.69, 9.17) is 0 Å². The predicted molar refractivity (Wildman–Crippen MR) is 56.6 cm³/mol. The molecule has 3 fully saturated rings. The van der Waals surface area contributed by atoms with Gasteiger partial charge in [0.05, 0.1) is 5.92 Å². The molecule has 1 heterocycles. The predicted octanol–water partition coefficient (Wildman–Crippen LogP) is 1.58. The molecule has 1 saturated heterocycles. The van der Waals surface area contributed by atoms with E-state index < -0.39 is 5.97 Å². The lowest BCUT2D eigenvalue weighted by Gasteiger charge is -2.45. The first-order valence-corrected chi connectivity index (χ1v) is 6.22. The maximum absolute atomic E-state index is 11.2. The fourth-order valence-corrected chi connectivity index (χ4v) is 3.61. The van der Waals surface area contributed by atoms with Crippen LogP contribution in [0.5, 0.6) is 0 Å². The molecule has 0 aromatic carbocycles. The summed E-state index contributed by atoms with van der Waals surface area (Å²) in [7, 11) is 0. The SMILES string of the molecule is O=C(O)C1C2CCCC1CN(C1CC1)C2. The molecule has 2 atom stereocenters. The Hall–Kier alpha value is -0.570. The quantitative estimate of drug-likeness (QED) is 0.750. The first kappa shape index (κ1) is 9.64. The van der Waals surface area contributed by atoms with Crippen LogP contribution in [0.25, 0.3) is 0 Å². The third-order valence-electron chi connectivity index (χ3n) is 4.45. The van der Waals surface area contributed by atoms with E-state index in [9.17, 15) is 9.90 Å². The summed E-state index contributed by atoms with van der Waals surface area (Å²) >= 11 is 0. The number of carbonyl (C=O) groups is 1. The van der Waals surface area contributed by atoms with Gasteiger partial charge in [0, 0.05) is 19.1 Å². The number of nitrogens with zero attached hydrogens (tertiary/aromatic N) is 1. The second-order valence-corrected chi connectivity index (χ2v) is 5.50. The minimum atomic E-state index is -0.542. The Labute approximate surface area is 90.5 Å². The molecule has 0 spiro atoms. The van der Waals surface area contributed by atoms with E-state index in [0.717, 1.165) is 32.0 Å². The molecule has 3 aliphatic rings. The molecule has 0 aromatic rings. The molecule has 2 aliphatic carbocycles. The summed E-state index contributed by atoms with van der Waals surface area (Å²) in [5, 5.41) is 9.27. The highest BCUT2D eigenvalue weighted by atomic mass is 16.4. The van der Waals surface area contributed by atoms with Crippen molar-refractivity contribution in [1.29, 1.82) is 0 Å². The van der Waals surface area contributed by atoms with Gasteiger partial charge in [0.2, 0.25) is 0 Å². The van der Waals surface area contributed by atoms with Crippen LogP contribution in [-0.4, -0.2) is 35.1 Å². The number of carboxylic acids is 1. The lowest BCUT2D eigenvalue weighted by atomic mass is 9.69. The lowest BCUT2D eigenvalue weighted by Crippen LogP contribution is -2.51. The molecule has 0 radical (unpaired) electrons.